The maximum atomic E-state index is 12.5. The Kier molecular flexibility index (Phi) is 4.31. The third kappa shape index (κ3) is 2.87. The summed E-state index contributed by atoms with van der Waals surface area (Å²) in [6, 6.07) is 0.391. The molecule has 2 fully saturated rings. The number of hydrogen-bond donors (Lipinski definition) is 2. The fourth-order valence-electron chi connectivity index (χ4n) is 3.85. The van der Waals surface area contributed by atoms with Gasteiger partial charge in [-0.1, -0.05) is 20.8 Å². The van der Waals surface area contributed by atoms with Gasteiger partial charge in [0.25, 0.3) is 0 Å². The average molecular weight is 252 g/mol. The van der Waals surface area contributed by atoms with Crippen LogP contribution in [-0.4, -0.2) is 24.0 Å². The van der Waals surface area contributed by atoms with Crippen LogP contribution in [0.1, 0.15) is 59.3 Å². The molecule has 1 heterocycles. The molecule has 0 radical (unpaired) electrons. The molecule has 0 aromatic carbocycles. The van der Waals surface area contributed by atoms with Gasteiger partial charge in [-0.3, -0.25) is 4.79 Å². The summed E-state index contributed by atoms with van der Waals surface area (Å²) in [5.41, 5.74) is -0.274. The lowest BCUT2D eigenvalue weighted by molar-refractivity contribution is -0.128. The number of carbonyl (C=O) groups is 1. The second-order valence-corrected chi connectivity index (χ2v) is 6.55. The van der Waals surface area contributed by atoms with Crippen LogP contribution in [0.5, 0.6) is 0 Å². The maximum absolute atomic E-state index is 12.5. The van der Waals surface area contributed by atoms with Crippen molar-refractivity contribution >= 4 is 5.91 Å². The minimum Gasteiger partial charge on any atom is -0.352 e. The van der Waals surface area contributed by atoms with Crippen molar-refractivity contribution in [3.8, 4) is 0 Å². The normalized spacial score (nSPS) is 40.7. The molecule has 3 atom stereocenters. The van der Waals surface area contributed by atoms with Gasteiger partial charge in [0, 0.05) is 6.04 Å². The Morgan fingerprint density at radius 2 is 1.94 bits per heavy atom. The van der Waals surface area contributed by atoms with Crippen molar-refractivity contribution < 1.29 is 4.79 Å². The van der Waals surface area contributed by atoms with E-state index in [2.05, 4.69) is 31.4 Å². The van der Waals surface area contributed by atoms with Gasteiger partial charge >= 0.3 is 0 Å². The Hall–Kier alpha value is -0.570. The molecule has 0 bridgehead atoms. The molecule has 2 rings (SSSR count). The second kappa shape index (κ2) is 5.60. The van der Waals surface area contributed by atoms with Gasteiger partial charge in [0.05, 0.1) is 5.54 Å². The van der Waals surface area contributed by atoms with E-state index in [4.69, 9.17) is 0 Å². The monoisotopic (exact) mass is 252 g/mol. The average Bonchev–Trinajstić information content (AvgIpc) is 2.77. The lowest BCUT2D eigenvalue weighted by Crippen LogP contribution is -2.56. The molecule has 18 heavy (non-hydrogen) atoms. The quantitative estimate of drug-likeness (QED) is 0.810. The number of hydrogen-bond acceptors (Lipinski definition) is 2. The molecule has 2 N–H and O–H groups in total. The van der Waals surface area contributed by atoms with E-state index in [1.54, 1.807) is 0 Å². The Morgan fingerprint density at radius 1 is 1.28 bits per heavy atom. The van der Waals surface area contributed by atoms with Crippen molar-refractivity contribution in [3.05, 3.63) is 0 Å². The molecule has 1 saturated heterocycles. The van der Waals surface area contributed by atoms with E-state index in [0.717, 1.165) is 50.5 Å². The maximum Gasteiger partial charge on any atom is 0.240 e. The molecule has 1 aliphatic carbocycles. The molecule has 1 aliphatic heterocycles. The molecule has 1 saturated carbocycles. The first-order chi connectivity index (χ1) is 8.55. The minimum atomic E-state index is -0.274. The zero-order chi connectivity index (χ0) is 13.2. The van der Waals surface area contributed by atoms with Gasteiger partial charge in [0.2, 0.25) is 5.91 Å². The summed E-state index contributed by atoms with van der Waals surface area (Å²) >= 11 is 0. The number of carbonyl (C=O) groups excluding carboxylic acids is 1. The van der Waals surface area contributed by atoms with Crippen LogP contribution in [0.25, 0.3) is 0 Å². The highest BCUT2D eigenvalue weighted by Gasteiger charge is 2.40. The van der Waals surface area contributed by atoms with Gasteiger partial charge in [0.1, 0.15) is 0 Å². The summed E-state index contributed by atoms with van der Waals surface area (Å²) in [6.07, 6.45) is 6.62. The van der Waals surface area contributed by atoms with E-state index in [1.807, 2.05) is 0 Å². The van der Waals surface area contributed by atoms with Crippen LogP contribution < -0.4 is 10.6 Å². The number of rotatable bonds is 3. The van der Waals surface area contributed by atoms with Crippen LogP contribution in [0.15, 0.2) is 0 Å². The van der Waals surface area contributed by atoms with Crippen LogP contribution in [-0.2, 0) is 4.79 Å². The first kappa shape index (κ1) is 13.9. The van der Waals surface area contributed by atoms with E-state index >= 15 is 0 Å². The van der Waals surface area contributed by atoms with Gasteiger partial charge in [-0.25, -0.2) is 0 Å². The van der Waals surface area contributed by atoms with Crippen molar-refractivity contribution in [1.82, 2.24) is 10.6 Å². The smallest absolute Gasteiger partial charge is 0.240 e. The molecule has 3 nitrogen and oxygen atoms in total. The first-order valence-corrected chi connectivity index (χ1v) is 7.61. The molecule has 3 unspecified atom stereocenters. The number of amides is 1. The topological polar surface area (TPSA) is 41.1 Å². The highest BCUT2D eigenvalue weighted by Crippen LogP contribution is 2.30. The summed E-state index contributed by atoms with van der Waals surface area (Å²) in [5, 5.41) is 6.73. The molecule has 2 aliphatic rings. The van der Waals surface area contributed by atoms with Gasteiger partial charge in [-0.05, 0) is 56.9 Å². The highest BCUT2D eigenvalue weighted by molar-refractivity contribution is 5.86. The lowest BCUT2D eigenvalue weighted by atomic mass is 9.80. The summed E-state index contributed by atoms with van der Waals surface area (Å²) in [7, 11) is 0. The van der Waals surface area contributed by atoms with Crippen molar-refractivity contribution in [2.75, 3.05) is 6.54 Å². The van der Waals surface area contributed by atoms with E-state index in [-0.39, 0.29) is 11.4 Å². The van der Waals surface area contributed by atoms with Gasteiger partial charge < -0.3 is 10.6 Å². The van der Waals surface area contributed by atoms with Gasteiger partial charge in [-0.2, -0.15) is 0 Å². The predicted octanol–water partition coefficient (Wildman–Crippen LogP) is 2.46. The van der Waals surface area contributed by atoms with Crippen molar-refractivity contribution in [2.24, 2.45) is 11.8 Å². The Labute approximate surface area is 111 Å². The van der Waals surface area contributed by atoms with Crippen LogP contribution in [0.4, 0.5) is 0 Å². The first-order valence-electron chi connectivity index (χ1n) is 7.61. The standard InChI is InChI=1S/C15H28N2O/c1-4-15(6-5-7-16-15)14(18)17-13-9-11(2)8-12(3)10-13/h11-13,16H,4-10H2,1-3H3,(H,17,18). The third-order valence-corrected chi connectivity index (χ3v) is 4.80. The van der Waals surface area contributed by atoms with Crippen LogP contribution >= 0.6 is 0 Å². The van der Waals surface area contributed by atoms with Crippen molar-refractivity contribution in [3.63, 3.8) is 0 Å². The molecule has 0 aromatic rings. The van der Waals surface area contributed by atoms with E-state index in [0.29, 0.717) is 6.04 Å². The van der Waals surface area contributed by atoms with E-state index < -0.39 is 0 Å². The minimum absolute atomic E-state index is 0.244. The third-order valence-electron chi connectivity index (χ3n) is 4.80. The fraction of sp³-hybridized carbons (Fsp3) is 0.933. The highest BCUT2D eigenvalue weighted by atomic mass is 16.2. The van der Waals surface area contributed by atoms with Crippen molar-refractivity contribution in [1.29, 1.82) is 0 Å². The zero-order valence-electron chi connectivity index (χ0n) is 12.1. The second-order valence-electron chi connectivity index (χ2n) is 6.55. The fourth-order valence-corrected chi connectivity index (χ4v) is 3.85. The SMILES string of the molecule is CCC1(C(=O)NC2CC(C)CC(C)C2)CCCN1. The predicted molar refractivity (Wildman–Crippen MR) is 74.4 cm³/mol. The molecule has 0 spiro atoms. The summed E-state index contributed by atoms with van der Waals surface area (Å²) in [6.45, 7) is 7.71. The zero-order valence-corrected chi connectivity index (χ0v) is 12.1. The molecule has 104 valence electrons. The van der Waals surface area contributed by atoms with E-state index in [1.165, 1.54) is 6.42 Å². The van der Waals surface area contributed by atoms with Crippen LogP contribution in [0, 0.1) is 11.8 Å². The van der Waals surface area contributed by atoms with Crippen LogP contribution in [0.3, 0.4) is 0 Å². The molecular formula is C15H28N2O. The Morgan fingerprint density at radius 3 is 2.44 bits per heavy atom. The van der Waals surface area contributed by atoms with Crippen molar-refractivity contribution in [2.45, 2.75) is 70.9 Å². The Balaban J connectivity index is 1.94. The van der Waals surface area contributed by atoms with E-state index in [9.17, 15) is 4.79 Å². The molecule has 0 aromatic heterocycles. The molecule has 1 amide bonds. The molecule has 3 heteroatoms. The van der Waals surface area contributed by atoms with Gasteiger partial charge in [-0.15, -0.1) is 0 Å². The number of nitrogens with one attached hydrogen (secondary N) is 2. The van der Waals surface area contributed by atoms with Gasteiger partial charge in [0.15, 0.2) is 0 Å². The largest absolute Gasteiger partial charge is 0.352 e. The Bertz CT molecular complexity index is 287. The summed E-state index contributed by atoms with van der Waals surface area (Å²) in [5.74, 6) is 1.73. The summed E-state index contributed by atoms with van der Waals surface area (Å²) in [4.78, 5) is 12.5. The molecular weight excluding hydrogens is 224 g/mol. The lowest BCUT2D eigenvalue weighted by Gasteiger charge is -2.35. The van der Waals surface area contributed by atoms with Crippen LogP contribution in [0.2, 0.25) is 0 Å². The summed E-state index contributed by atoms with van der Waals surface area (Å²) < 4.78 is 0.